The molecule has 5 aliphatic rings. The standard InChI is InChI=1S/C19H24N4.Co/c1-3-14-10-16-5-7-18(22-16)19-8-6-17(23-19)11-15-4-2-13(21-15)9-12(1)20-14;/h9-11,16,18-19,21-22H,1-8H2;. The molecule has 129 valence electrons. The molecule has 2 saturated heterocycles. The summed E-state index contributed by atoms with van der Waals surface area (Å²) in [7, 11) is 0. The molecule has 0 aromatic heterocycles. The van der Waals surface area contributed by atoms with Gasteiger partial charge in [-0.05, 0) is 69.6 Å². The summed E-state index contributed by atoms with van der Waals surface area (Å²) in [5, 5.41) is 7.39. The Morgan fingerprint density at radius 2 is 1.71 bits per heavy atom. The van der Waals surface area contributed by atoms with Crippen LogP contribution in [-0.2, 0) is 16.8 Å². The van der Waals surface area contributed by atoms with Gasteiger partial charge in [0.2, 0.25) is 0 Å². The van der Waals surface area contributed by atoms with Gasteiger partial charge in [-0.1, -0.05) is 0 Å². The fourth-order valence-electron chi connectivity index (χ4n) is 4.50. The van der Waals surface area contributed by atoms with E-state index in [4.69, 9.17) is 9.98 Å². The molecule has 0 spiro atoms. The van der Waals surface area contributed by atoms with Crippen molar-refractivity contribution in [1.82, 2.24) is 10.6 Å². The van der Waals surface area contributed by atoms with Crippen LogP contribution in [0.3, 0.4) is 0 Å². The molecule has 8 bridgehead atoms. The van der Waals surface area contributed by atoms with Gasteiger partial charge in [0.15, 0.2) is 0 Å². The van der Waals surface area contributed by atoms with Crippen LogP contribution in [0, 0.1) is 0 Å². The molecule has 24 heavy (non-hydrogen) atoms. The number of fused-ring (bicyclic) bond motifs is 7. The summed E-state index contributed by atoms with van der Waals surface area (Å²) in [6.45, 7) is 0. The Morgan fingerprint density at radius 3 is 2.58 bits per heavy atom. The summed E-state index contributed by atoms with van der Waals surface area (Å²) in [4.78, 5) is 9.87. The SMILES string of the molecule is C1=C2CCC(=N2)C=C2CCC(=CC3=NC(CC3)C3CCC1N3)N2.[Co]. The summed E-state index contributed by atoms with van der Waals surface area (Å²) in [5.74, 6) is 0. The quantitative estimate of drug-likeness (QED) is 0.692. The zero-order valence-electron chi connectivity index (χ0n) is 13.8. The number of aliphatic imine (C=N–C) groups is 2. The predicted molar refractivity (Wildman–Crippen MR) is 93.7 cm³/mol. The molecule has 3 unspecified atom stereocenters. The maximum atomic E-state index is 5.01. The van der Waals surface area contributed by atoms with Crippen molar-refractivity contribution >= 4 is 11.4 Å². The van der Waals surface area contributed by atoms with Gasteiger partial charge < -0.3 is 10.6 Å². The summed E-state index contributed by atoms with van der Waals surface area (Å²) < 4.78 is 0. The van der Waals surface area contributed by atoms with E-state index in [2.05, 4.69) is 28.9 Å². The Labute approximate surface area is 153 Å². The average molecular weight is 367 g/mol. The molecule has 2 fully saturated rings. The van der Waals surface area contributed by atoms with E-state index in [9.17, 15) is 0 Å². The fourth-order valence-corrected chi connectivity index (χ4v) is 4.50. The maximum absolute atomic E-state index is 5.01. The Balaban J connectivity index is 0.00000146. The third-order valence-electron chi connectivity index (χ3n) is 5.69. The van der Waals surface area contributed by atoms with Gasteiger partial charge in [-0.3, -0.25) is 9.98 Å². The topological polar surface area (TPSA) is 48.8 Å². The monoisotopic (exact) mass is 367 g/mol. The van der Waals surface area contributed by atoms with Gasteiger partial charge in [0.25, 0.3) is 0 Å². The minimum absolute atomic E-state index is 0. The molecule has 0 aromatic rings. The van der Waals surface area contributed by atoms with Gasteiger partial charge in [0.05, 0.1) is 6.04 Å². The number of nitrogens with zero attached hydrogens (tertiary/aromatic N) is 2. The molecule has 5 rings (SSSR count). The van der Waals surface area contributed by atoms with Crippen LogP contribution in [0.25, 0.3) is 0 Å². The number of nitrogens with one attached hydrogen (secondary N) is 2. The molecule has 5 aliphatic heterocycles. The van der Waals surface area contributed by atoms with Crippen LogP contribution in [-0.4, -0.2) is 29.5 Å². The average Bonchev–Trinajstić information content (AvgIpc) is 3.28. The Bertz CT molecular complexity index is 685. The Morgan fingerprint density at radius 1 is 0.875 bits per heavy atom. The van der Waals surface area contributed by atoms with Gasteiger partial charge >= 0.3 is 0 Å². The molecular weight excluding hydrogens is 343 g/mol. The van der Waals surface area contributed by atoms with E-state index in [-0.39, 0.29) is 16.8 Å². The van der Waals surface area contributed by atoms with E-state index in [0.29, 0.717) is 18.1 Å². The first kappa shape index (κ1) is 16.3. The van der Waals surface area contributed by atoms with Crippen LogP contribution >= 0.6 is 0 Å². The fraction of sp³-hybridized carbons (Fsp3) is 0.579. The molecule has 0 aromatic carbocycles. The van der Waals surface area contributed by atoms with Crippen molar-refractivity contribution in [2.24, 2.45) is 9.98 Å². The molecule has 3 atom stereocenters. The minimum Gasteiger partial charge on any atom is -0.362 e. The van der Waals surface area contributed by atoms with E-state index in [1.165, 1.54) is 47.8 Å². The zero-order chi connectivity index (χ0) is 15.2. The van der Waals surface area contributed by atoms with Crippen molar-refractivity contribution in [3.63, 3.8) is 0 Å². The van der Waals surface area contributed by atoms with Gasteiger partial charge in [-0.25, -0.2) is 0 Å². The Kier molecular flexibility index (Phi) is 4.49. The molecule has 0 saturated carbocycles. The molecule has 5 heterocycles. The third kappa shape index (κ3) is 3.17. The second kappa shape index (κ2) is 6.62. The molecule has 0 aliphatic carbocycles. The van der Waals surface area contributed by atoms with Crippen LogP contribution in [0.15, 0.2) is 45.3 Å². The van der Waals surface area contributed by atoms with Crippen molar-refractivity contribution in [3.8, 4) is 0 Å². The van der Waals surface area contributed by atoms with Crippen molar-refractivity contribution in [2.75, 3.05) is 0 Å². The van der Waals surface area contributed by atoms with Gasteiger partial charge in [-0.2, -0.15) is 0 Å². The summed E-state index contributed by atoms with van der Waals surface area (Å²) >= 11 is 0. The molecular formula is C19H24CoN4. The summed E-state index contributed by atoms with van der Waals surface area (Å²) in [6.07, 6.45) is 16.1. The molecule has 5 heteroatoms. The molecule has 1 radical (unpaired) electrons. The molecule has 2 N–H and O–H groups in total. The van der Waals surface area contributed by atoms with Gasteiger partial charge in [0, 0.05) is 57.4 Å². The van der Waals surface area contributed by atoms with E-state index in [1.807, 2.05) is 0 Å². The van der Waals surface area contributed by atoms with Crippen LogP contribution < -0.4 is 10.6 Å². The van der Waals surface area contributed by atoms with Gasteiger partial charge in [0.1, 0.15) is 0 Å². The predicted octanol–water partition coefficient (Wildman–Crippen LogP) is 2.99. The van der Waals surface area contributed by atoms with Crippen LogP contribution in [0.4, 0.5) is 0 Å². The number of hydrogen-bond donors (Lipinski definition) is 2. The number of rotatable bonds is 0. The van der Waals surface area contributed by atoms with Crippen LogP contribution in [0.2, 0.25) is 0 Å². The van der Waals surface area contributed by atoms with Crippen molar-refractivity contribution in [3.05, 3.63) is 35.3 Å². The smallest absolute Gasteiger partial charge is 0.0659 e. The first-order valence-corrected chi connectivity index (χ1v) is 9.11. The number of hydrogen-bond acceptors (Lipinski definition) is 4. The van der Waals surface area contributed by atoms with Crippen LogP contribution in [0.5, 0.6) is 0 Å². The van der Waals surface area contributed by atoms with E-state index < -0.39 is 0 Å². The van der Waals surface area contributed by atoms with E-state index in [1.54, 1.807) is 0 Å². The minimum atomic E-state index is 0. The first-order valence-electron chi connectivity index (χ1n) is 9.11. The molecule has 0 amide bonds. The molecule has 4 nitrogen and oxygen atoms in total. The largest absolute Gasteiger partial charge is 0.362 e. The van der Waals surface area contributed by atoms with Crippen molar-refractivity contribution in [1.29, 1.82) is 0 Å². The van der Waals surface area contributed by atoms with Gasteiger partial charge in [-0.15, -0.1) is 0 Å². The summed E-state index contributed by atoms with van der Waals surface area (Å²) in [6, 6.07) is 1.51. The van der Waals surface area contributed by atoms with E-state index >= 15 is 0 Å². The van der Waals surface area contributed by atoms with Crippen molar-refractivity contribution < 1.29 is 16.8 Å². The second-order valence-corrected chi connectivity index (χ2v) is 7.41. The van der Waals surface area contributed by atoms with Crippen molar-refractivity contribution in [2.45, 2.75) is 69.5 Å². The second-order valence-electron chi connectivity index (χ2n) is 7.41. The zero-order valence-corrected chi connectivity index (χ0v) is 14.9. The van der Waals surface area contributed by atoms with Crippen LogP contribution in [0.1, 0.15) is 51.4 Å². The third-order valence-corrected chi connectivity index (χ3v) is 5.69. The summed E-state index contributed by atoms with van der Waals surface area (Å²) in [5.41, 5.74) is 6.45. The number of allylic oxidation sites excluding steroid dienone is 5. The van der Waals surface area contributed by atoms with E-state index in [0.717, 1.165) is 32.1 Å². The first-order chi connectivity index (χ1) is 11.3. The Hall–Kier alpha value is -1.17. The normalized spacial score (nSPS) is 34.0. The maximum Gasteiger partial charge on any atom is 0.0659 e.